The topological polar surface area (TPSA) is 12.0 Å². The van der Waals surface area contributed by atoms with Gasteiger partial charge in [0.25, 0.3) is 0 Å². The number of nitrogens with one attached hydrogen (secondary N) is 1. The van der Waals surface area contributed by atoms with E-state index in [1.54, 1.807) is 0 Å². The Labute approximate surface area is 152 Å². The molecule has 1 nitrogen and oxygen atoms in total. The minimum absolute atomic E-state index is 0. The molecule has 0 heterocycles. The first-order valence-corrected chi connectivity index (χ1v) is 9.11. The first-order chi connectivity index (χ1) is 8.81. The Bertz CT molecular complexity index is 171. The molecule has 0 spiro atoms. The average Bonchev–Trinajstić information content (AvgIpc) is 2.38. The zero-order valence-corrected chi connectivity index (χ0v) is 13.9. The molecule has 110 valence electrons. The van der Waals surface area contributed by atoms with Crippen LogP contribution in [0.3, 0.4) is 0 Å². The molecule has 0 aromatic carbocycles. The summed E-state index contributed by atoms with van der Waals surface area (Å²) in [7, 11) is 0. The fourth-order valence-electron chi connectivity index (χ4n) is 1.84. The maximum atomic E-state index is 5.31. The second-order valence-electron chi connectivity index (χ2n) is 4.89. The van der Waals surface area contributed by atoms with Gasteiger partial charge < -0.3 is 5.32 Å². The van der Waals surface area contributed by atoms with Crippen molar-refractivity contribution in [3.63, 3.8) is 0 Å². The first-order valence-electron chi connectivity index (χ1n) is 7.71. The third-order valence-corrected chi connectivity index (χ3v) is 4.43. The van der Waals surface area contributed by atoms with Crippen LogP contribution >= 0.6 is 24.0 Å². The minimum atomic E-state index is 0. The third kappa shape index (κ3) is 19.2. The van der Waals surface area contributed by atoms with E-state index in [0.29, 0.717) is 0 Å². The SMILES string of the molecule is CCCCCCCNC(=S)SCCCCCCC.[NaH]. The van der Waals surface area contributed by atoms with Crippen LogP contribution in [0.5, 0.6) is 0 Å². The quantitative estimate of drug-likeness (QED) is 0.313. The van der Waals surface area contributed by atoms with E-state index in [1.807, 2.05) is 11.8 Å². The van der Waals surface area contributed by atoms with Gasteiger partial charge in [-0.15, -0.1) is 0 Å². The molecule has 4 heteroatoms. The molecule has 0 rings (SSSR count). The van der Waals surface area contributed by atoms with Crippen LogP contribution in [0.25, 0.3) is 0 Å². The van der Waals surface area contributed by atoms with Gasteiger partial charge in [-0.3, -0.25) is 0 Å². The van der Waals surface area contributed by atoms with E-state index in [1.165, 1.54) is 70.0 Å². The van der Waals surface area contributed by atoms with Crippen molar-refractivity contribution in [2.24, 2.45) is 0 Å². The van der Waals surface area contributed by atoms with Crippen molar-refractivity contribution < 1.29 is 0 Å². The first kappa shape index (κ1) is 22.5. The molecular formula is C15H32NNaS2. The van der Waals surface area contributed by atoms with E-state index >= 15 is 0 Å². The molecule has 0 saturated heterocycles. The van der Waals surface area contributed by atoms with Crippen molar-refractivity contribution in [3.05, 3.63) is 0 Å². The van der Waals surface area contributed by atoms with Gasteiger partial charge in [-0.05, 0) is 12.8 Å². The van der Waals surface area contributed by atoms with Gasteiger partial charge in [-0.2, -0.15) is 0 Å². The molecule has 0 radical (unpaired) electrons. The molecule has 0 aromatic heterocycles. The van der Waals surface area contributed by atoms with Gasteiger partial charge in [0.1, 0.15) is 4.32 Å². The summed E-state index contributed by atoms with van der Waals surface area (Å²) in [6, 6.07) is 0. The zero-order valence-electron chi connectivity index (χ0n) is 12.3. The molecule has 1 N–H and O–H groups in total. The van der Waals surface area contributed by atoms with Crippen LogP contribution in [-0.2, 0) is 0 Å². The number of hydrogen-bond donors (Lipinski definition) is 1. The standard InChI is InChI=1S/C15H31NS2.Na.H/c1-3-5-7-9-11-13-16-15(17)18-14-12-10-8-6-4-2;;/h3-14H2,1-2H3,(H,16,17);;. The van der Waals surface area contributed by atoms with Gasteiger partial charge >= 0.3 is 29.6 Å². The summed E-state index contributed by atoms with van der Waals surface area (Å²) < 4.78 is 1.00. The molecule has 0 aliphatic carbocycles. The predicted molar refractivity (Wildman–Crippen MR) is 97.7 cm³/mol. The molecule has 0 atom stereocenters. The summed E-state index contributed by atoms with van der Waals surface area (Å²) in [5.41, 5.74) is 0. The van der Waals surface area contributed by atoms with E-state index in [9.17, 15) is 0 Å². The molecule has 0 fully saturated rings. The van der Waals surface area contributed by atoms with Crippen molar-refractivity contribution in [1.29, 1.82) is 0 Å². The van der Waals surface area contributed by atoms with Crippen molar-refractivity contribution in [3.8, 4) is 0 Å². The van der Waals surface area contributed by atoms with Gasteiger partial charge in [0.05, 0.1) is 0 Å². The summed E-state index contributed by atoms with van der Waals surface area (Å²) >= 11 is 7.13. The van der Waals surface area contributed by atoms with Crippen molar-refractivity contribution in [2.75, 3.05) is 12.3 Å². The summed E-state index contributed by atoms with van der Waals surface area (Å²) in [5.74, 6) is 1.19. The van der Waals surface area contributed by atoms with Crippen LogP contribution in [0.15, 0.2) is 0 Å². The Morgan fingerprint density at radius 2 is 1.37 bits per heavy atom. The fraction of sp³-hybridized carbons (Fsp3) is 0.933. The van der Waals surface area contributed by atoms with E-state index in [-0.39, 0.29) is 29.6 Å². The second-order valence-corrected chi connectivity index (χ2v) is 6.66. The molecule has 0 aromatic rings. The Morgan fingerprint density at radius 3 is 1.95 bits per heavy atom. The van der Waals surface area contributed by atoms with Gasteiger partial charge in [-0.25, -0.2) is 0 Å². The summed E-state index contributed by atoms with van der Waals surface area (Å²) in [5, 5.41) is 3.36. The van der Waals surface area contributed by atoms with Crippen molar-refractivity contribution in [1.82, 2.24) is 5.32 Å². The van der Waals surface area contributed by atoms with Crippen molar-refractivity contribution in [2.45, 2.75) is 78.1 Å². The number of thiocarbonyl (C=S) groups is 1. The average molecular weight is 314 g/mol. The number of hydrogen-bond acceptors (Lipinski definition) is 2. The Hall–Kier alpha value is 1.24. The van der Waals surface area contributed by atoms with Crippen LogP contribution in [0, 0.1) is 0 Å². The van der Waals surface area contributed by atoms with E-state index in [0.717, 1.165) is 10.9 Å². The second kappa shape index (κ2) is 19.2. The number of rotatable bonds is 12. The fourth-order valence-corrected chi connectivity index (χ4v) is 2.93. The van der Waals surface area contributed by atoms with E-state index in [4.69, 9.17) is 12.2 Å². The Kier molecular flexibility index (Phi) is 22.8. The maximum absolute atomic E-state index is 5.31. The number of unbranched alkanes of at least 4 members (excludes halogenated alkanes) is 8. The van der Waals surface area contributed by atoms with E-state index in [2.05, 4.69) is 19.2 Å². The van der Waals surface area contributed by atoms with Gasteiger partial charge in [0.2, 0.25) is 0 Å². The molecule has 0 saturated carbocycles. The zero-order chi connectivity index (χ0) is 13.5. The molecule has 0 amide bonds. The number of thioether (sulfide) groups is 1. The predicted octanol–water partition coefficient (Wildman–Crippen LogP) is 4.89. The normalized spacial score (nSPS) is 10.0. The summed E-state index contributed by atoms with van der Waals surface area (Å²) in [6.07, 6.45) is 13.4. The van der Waals surface area contributed by atoms with Crippen LogP contribution in [0.1, 0.15) is 78.1 Å². The van der Waals surface area contributed by atoms with Crippen LogP contribution in [0.4, 0.5) is 0 Å². The summed E-state index contributed by atoms with van der Waals surface area (Å²) in [4.78, 5) is 0. The Balaban J connectivity index is 0. The molecule has 0 bridgehead atoms. The molecule has 19 heavy (non-hydrogen) atoms. The summed E-state index contributed by atoms with van der Waals surface area (Å²) in [6.45, 7) is 5.57. The van der Waals surface area contributed by atoms with Crippen LogP contribution in [-0.4, -0.2) is 46.2 Å². The molecular weight excluding hydrogens is 281 g/mol. The molecule has 0 aliphatic rings. The van der Waals surface area contributed by atoms with Gasteiger partial charge in [0, 0.05) is 12.3 Å². The molecule has 0 unspecified atom stereocenters. The molecule has 0 aliphatic heterocycles. The Morgan fingerprint density at radius 1 is 0.842 bits per heavy atom. The van der Waals surface area contributed by atoms with Gasteiger partial charge in [0.15, 0.2) is 0 Å². The monoisotopic (exact) mass is 313 g/mol. The van der Waals surface area contributed by atoms with E-state index < -0.39 is 0 Å². The van der Waals surface area contributed by atoms with Crippen LogP contribution in [0.2, 0.25) is 0 Å². The van der Waals surface area contributed by atoms with Crippen LogP contribution < -0.4 is 5.32 Å². The van der Waals surface area contributed by atoms with Crippen molar-refractivity contribution >= 4 is 57.9 Å². The van der Waals surface area contributed by atoms with Gasteiger partial charge in [-0.1, -0.05) is 89.2 Å². The third-order valence-electron chi connectivity index (χ3n) is 3.03.